The third-order valence-electron chi connectivity index (χ3n) is 1.02. The van der Waals surface area contributed by atoms with Crippen LogP contribution in [0.3, 0.4) is 0 Å². The molecule has 0 spiro atoms. The highest BCUT2D eigenvalue weighted by atomic mass is 13.8. The molecule has 0 heteroatoms. The van der Waals surface area contributed by atoms with Crippen molar-refractivity contribution in [3.05, 3.63) is 12.2 Å². The molecule has 0 aromatic carbocycles. The van der Waals surface area contributed by atoms with Gasteiger partial charge >= 0.3 is 0 Å². The van der Waals surface area contributed by atoms with Gasteiger partial charge in [-0.3, -0.25) is 0 Å². The summed E-state index contributed by atoms with van der Waals surface area (Å²) in [6.07, 6.45) is 7.61. The third-order valence-corrected chi connectivity index (χ3v) is 1.02. The minimum atomic E-state index is 1.01. The molecule has 0 unspecified atom stereocenters. The molecule has 0 bridgehead atoms. The molecule has 9 heavy (non-hydrogen) atoms. The number of allylic oxidation sites excluding steroid dienone is 2. The van der Waals surface area contributed by atoms with Crippen LogP contribution in [0.2, 0.25) is 0 Å². The average Bonchev–Trinajstić information content (AvgIpc) is 1.89. The second-order valence-electron chi connectivity index (χ2n) is 1.85. The molecule has 0 heterocycles. The van der Waals surface area contributed by atoms with E-state index < -0.39 is 0 Å². The van der Waals surface area contributed by atoms with Gasteiger partial charge in [-0.1, -0.05) is 19.1 Å². The summed E-state index contributed by atoms with van der Waals surface area (Å²) in [6.45, 7) is 4.02. The van der Waals surface area contributed by atoms with E-state index in [0.717, 1.165) is 19.3 Å². The zero-order valence-corrected chi connectivity index (χ0v) is 6.28. The number of unbranched alkanes of at least 4 members (excludes halogenated alkanes) is 1. The SMILES string of the molecule is CC#CCC/C=C\CC. The Kier molecular flexibility index (Phi) is 6.73. The maximum atomic E-state index is 3.01. The van der Waals surface area contributed by atoms with Crippen molar-refractivity contribution in [2.75, 3.05) is 0 Å². The third kappa shape index (κ3) is 7.30. The van der Waals surface area contributed by atoms with E-state index in [2.05, 4.69) is 30.9 Å². The summed E-state index contributed by atoms with van der Waals surface area (Å²) in [5, 5.41) is 0. The molecule has 0 fully saturated rings. The first kappa shape index (κ1) is 8.30. The predicted molar refractivity (Wildman–Crippen MR) is 42.1 cm³/mol. The highest BCUT2D eigenvalue weighted by Gasteiger charge is 1.72. The molecule has 50 valence electrons. The van der Waals surface area contributed by atoms with E-state index in [1.54, 1.807) is 0 Å². The van der Waals surface area contributed by atoms with Gasteiger partial charge in [0, 0.05) is 6.42 Å². The van der Waals surface area contributed by atoms with Gasteiger partial charge in [0.25, 0.3) is 0 Å². The topological polar surface area (TPSA) is 0 Å². The van der Waals surface area contributed by atoms with Crippen molar-refractivity contribution in [3.8, 4) is 11.8 Å². The van der Waals surface area contributed by atoms with Gasteiger partial charge in [-0.2, -0.15) is 0 Å². The first-order valence-electron chi connectivity index (χ1n) is 3.46. The molecule has 0 amide bonds. The fraction of sp³-hybridized carbons (Fsp3) is 0.556. The molecule has 0 aliphatic rings. The van der Waals surface area contributed by atoms with Crippen LogP contribution >= 0.6 is 0 Å². The van der Waals surface area contributed by atoms with E-state index >= 15 is 0 Å². The molecule has 0 atom stereocenters. The summed E-state index contributed by atoms with van der Waals surface area (Å²) in [5.41, 5.74) is 0. The summed E-state index contributed by atoms with van der Waals surface area (Å²) in [5.74, 6) is 5.87. The van der Waals surface area contributed by atoms with Gasteiger partial charge in [0.2, 0.25) is 0 Å². The van der Waals surface area contributed by atoms with Crippen LogP contribution in [0.5, 0.6) is 0 Å². The van der Waals surface area contributed by atoms with Crippen LogP contribution in [-0.4, -0.2) is 0 Å². The smallest absolute Gasteiger partial charge is 0.0123 e. The molecular formula is C9H14. The monoisotopic (exact) mass is 122 g/mol. The van der Waals surface area contributed by atoms with Gasteiger partial charge in [-0.25, -0.2) is 0 Å². The summed E-state index contributed by atoms with van der Waals surface area (Å²) in [4.78, 5) is 0. The van der Waals surface area contributed by atoms with Gasteiger partial charge in [-0.15, -0.1) is 11.8 Å². The number of hydrogen-bond acceptors (Lipinski definition) is 0. The zero-order chi connectivity index (χ0) is 6.95. The molecule has 0 saturated carbocycles. The molecule has 0 aliphatic heterocycles. The van der Waals surface area contributed by atoms with Crippen molar-refractivity contribution in [2.24, 2.45) is 0 Å². The minimum Gasteiger partial charge on any atom is -0.107 e. The zero-order valence-electron chi connectivity index (χ0n) is 6.28. The van der Waals surface area contributed by atoms with Crippen LogP contribution in [0.15, 0.2) is 12.2 Å². The highest BCUT2D eigenvalue weighted by Crippen LogP contribution is 1.89. The summed E-state index contributed by atoms with van der Waals surface area (Å²) in [6, 6.07) is 0. The van der Waals surface area contributed by atoms with Crippen molar-refractivity contribution in [1.82, 2.24) is 0 Å². The number of rotatable bonds is 3. The molecule has 0 saturated heterocycles. The number of hydrogen-bond donors (Lipinski definition) is 0. The van der Waals surface area contributed by atoms with Crippen molar-refractivity contribution >= 4 is 0 Å². The van der Waals surface area contributed by atoms with Crippen LogP contribution in [0.4, 0.5) is 0 Å². The van der Waals surface area contributed by atoms with Crippen molar-refractivity contribution in [1.29, 1.82) is 0 Å². The lowest BCUT2D eigenvalue weighted by atomic mass is 10.3. The standard InChI is InChI=1S/C9H14/c1-3-5-7-9-8-6-4-2/h5,7H,3,8-9H2,1-2H3/b7-5-. The lowest BCUT2D eigenvalue weighted by Crippen LogP contribution is -1.63. The Morgan fingerprint density at radius 3 is 2.67 bits per heavy atom. The first-order valence-corrected chi connectivity index (χ1v) is 3.46. The van der Waals surface area contributed by atoms with Crippen molar-refractivity contribution in [3.63, 3.8) is 0 Å². The normalized spacial score (nSPS) is 9.11. The van der Waals surface area contributed by atoms with Crippen LogP contribution in [0, 0.1) is 11.8 Å². The van der Waals surface area contributed by atoms with Crippen molar-refractivity contribution < 1.29 is 0 Å². The lowest BCUT2D eigenvalue weighted by Gasteiger charge is -1.80. The fourth-order valence-corrected chi connectivity index (χ4v) is 0.565. The predicted octanol–water partition coefficient (Wildman–Crippen LogP) is 2.76. The quantitative estimate of drug-likeness (QED) is 0.307. The van der Waals surface area contributed by atoms with Gasteiger partial charge in [0.05, 0.1) is 0 Å². The van der Waals surface area contributed by atoms with E-state index in [4.69, 9.17) is 0 Å². The molecule has 0 rings (SSSR count). The summed E-state index contributed by atoms with van der Waals surface area (Å²) < 4.78 is 0. The molecule has 0 aromatic rings. The van der Waals surface area contributed by atoms with E-state index in [1.165, 1.54) is 0 Å². The minimum absolute atomic E-state index is 1.01. The second kappa shape index (κ2) is 7.30. The Morgan fingerprint density at radius 1 is 1.33 bits per heavy atom. The fourth-order valence-electron chi connectivity index (χ4n) is 0.565. The Balaban J connectivity index is 3.06. The molecule has 0 nitrogen and oxygen atoms in total. The maximum absolute atomic E-state index is 3.01. The van der Waals surface area contributed by atoms with Gasteiger partial charge in [-0.05, 0) is 19.8 Å². The van der Waals surface area contributed by atoms with Crippen LogP contribution < -0.4 is 0 Å². The Bertz CT molecular complexity index is 121. The van der Waals surface area contributed by atoms with Crippen LogP contribution in [-0.2, 0) is 0 Å². The first-order chi connectivity index (χ1) is 4.41. The van der Waals surface area contributed by atoms with E-state index in [-0.39, 0.29) is 0 Å². The maximum Gasteiger partial charge on any atom is 0.0123 e. The van der Waals surface area contributed by atoms with Crippen LogP contribution in [0.25, 0.3) is 0 Å². The molecule has 0 aromatic heterocycles. The molecular weight excluding hydrogens is 108 g/mol. The summed E-state index contributed by atoms with van der Waals surface area (Å²) >= 11 is 0. The average molecular weight is 122 g/mol. The van der Waals surface area contributed by atoms with E-state index in [0.29, 0.717) is 0 Å². The van der Waals surface area contributed by atoms with Crippen LogP contribution in [0.1, 0.15) is 33.1 Å². The lowest BCUT2D eigenvalue weighted by molar-refractivity contribution is 1.06. The van der Waals surface area contributed by atoms with Gasteiger partial charge in [0.15, 0.2) is 0 Å². The van der Waals surface area contributed by atoms with Gasteiger partial charge in [0.1, 0.15) is 0 Å². The second-order valence-corrected chi connectivity index (χ2v) is 1.85. The van der Waals surface area contributed by atoms with Gasteiger partial charge < -0.3 is 0 Å². The molecule has 0 radical (unpaired) electrons. The van der Waals surface area contributed by atoms with E-state index in [1.807, 2.05) is 6.92 Å². The summed E-state index contributed by atoms with van der Waals surface area (Å²) in [7, 11) is 0. The Labute approximate surface area is 58.0 Å². The Hall–Kier alpha value is -0.700. The Morgan fingerprint density at radius 2 is 2.11 bits per heavy atom. The molecule has 0 N–H and O–H groups in total. The van der Waals surface area contributed by atoms with Crippen molar-refractivity contribution in [2.45, 2.75) is 33.1 Å². The molecule has 0 aliphatic carbocycles. The van der Waals surface area contributed by atoms with E-state index in [9.17, 15) is 0 Å². The highest BCUT2D eigenvalue weighted by molar-refractivity contribution is 4.97. The largest absolute Gasteiger partial charge is 0.107 e.